The van der Waals surface area contributed by atoms with Crippen molar-refractivity contribution in [2.75, 3.05) is 6.26 Å². The summed E-state index contributed by atoms with van der Waals surface area (Å²) in [6, 6.07) is 3.62. The van der Waals surface area contributed by atoms with Gasteiger partial charge in [-0.3, -0.25) is 14.9 Å². The summed E-state index contributed by atoms with van der Waals surface area (Å²) < 4.78 is 22.8. The predicted molar refractivity (Wildman–Crippen MR) is 74.4 cm³/mol. The number of Topliss-reactive ketones (excluding diaryl/α,β-unsaturated/α-hetero) is 1. The van der Waals surface area contributed by atoms with Crippen molar-refractivity contribution in [2.24, 2.45) is 5.41 Å². The number of hydrogen-bond donors (Lipinski definition) is 0. The van der Waals surface area contributed by atoms with Crippen LogP contribution in [0.2, 0.25) is 0 Å². The van der Waals surface area contributed by atoms with Gasteiger partial charge in [0.2, 0.25) is 0 Å². The Morgan fingerprint density at radius 3 is 2.25 bits per heavy atom. The molecule has 0 spiro atoms. The van der Waals surface area contributed by atoms with Crippen molar-refractivity contribution in [3.8, 4) is 0 Å². The van der Waals surface area contributed by atoms with Crippen molar-refractivity contribution in [3.05, 3.63) is 33.9 Å². The van der Waals surface area contributed by atoms with Gasteiger partial charge in [-0.25, -0.2) is 8.42 Å². The third-order valence-electron chi connectivity index (χ3n) is 2.87. The molecule has 0 saturated carbocycles. The van der Waals surface area contributed by atoms with Crippen LogP contribution >= 0.6 is 0 Å². The van der Waals surface area contributed by atoms with Gasteiger partial charge >= 0.3 is 0 Å². The maximum atomic E-state index is 11.9. The van der Waals surface area contributed by atoms with Crippen molar-refractivity contribution >= 4 is 21.3 Å². The summed E-state index contributed by atoms with van der Waals surface area (Å²) in [4.78, 5) is 22.2. The van der Waals surface area contributed by atoms with Crippen LogP contribution in [0.1, 0.15) is 26.3 Å². The van der Waals surface area contributed by atoms with Crippen LogP contribution in [0.3, 0.4) is 0 Å². The summed E-state index contributed by atoms with van der Waals surface area (Å²) in [5.74, 6) is -0.146. The molecule has 20 heavy (non-hydrogen) atoms. The Hall–Kier alpha value is -1.76. The van der Waals surface area contributed by atoms with Crippen LogP contribution in [0, 0.1) is 15.5 Å². The number of nitrogens with zero attached hydrogens (tertiary/aromatic N) is 1. The zero-order valence-corrected chi connectivity index (χ0v) is 12.7. The molecule has 110 valence electrons. The number of nitro benzene ring substituents is 1. The predicted octanol–water partition coefficient (Wildman–Crippen LogP) is 2.16. The first-order chi connectivity index (χ1) is 8.93. The number of hydrogen-bond acceptors (Lipinski definition) is 5. The molecule has 1 aromatic carbocycles. The Labute approximate surface area is 117 Å². The molecule has 7 heteroatoms. The van der Waals surface area contributed by atoms with E-state index in [0.29, 0.717) is 0 Å². The molecule has 0 radical (unpaired) electrons. The quantitative estimate of drug-likeness (QED) is 0.627. The highest BCUT2D eigenvalue weighted by Gasteiger charge is 2.26. The summed E-state index contributed by atoms with van der Waals surface area (Å²) in [6.07, 6.45) is 0.885. The Morgan fingerprint density at radius 2 is 1.85 bits per heavy atom. The van der Waals surface area contributed by atoms with E-state index in [9.17, 15) is 23.3 Å². The van der Waals surface area contributed by atoms with Crippen molar-refractivity contribution in [3.63, 3.8) is 0 Å². The van der Waals surface area contributed by atoms with Crippen LogP contribution in [0.4, 0.5) is 5.69 Å². The zero-order valence-electron chi connectivity index (χ0n) is 11.8. The zero-order chi connectivity index (χ0) is 15.7. The molecule has 1 aromatic rings. The summed E-state index contributed by atoms with van der Waals surface area (Å²) in [5, 5.41) is 11.0. The SMILES string of the molecule is CC(C)(C)C(=O)Cc1ccc(S(C)(=O)=O)cc1[N+](=O)[O-]. The van der Waals surface area contributed by atoms with Crippen molar-refractivity contribution in [1.82, 2.24) is 0 Å². The van der Waals surface area contributed by atoms with Gasteiger partial charge < -0.3 is 0 Å². The van der Waals surface area contributed by atoms with E-state index in [0.717, 1.165) is 12.3 Å². The summed E-state index contributed by atoms with van der Waals surface area (Å²) in [6.45, 7) is 5.18. The molecule has 0 bridgehead atoms. The molecular formula is C13H17NO5S. The Balaban J connectivity index is 3.29. The molecule has 0 amide bonds. The third kappa shape index (κ3) is 3.86. The lowest BCUT2D eigenvalue weighted by atomic mass is 9.87. The van der Waals surface area contributed by atoms with Crippen LogP contribution in [-0.2, 0) is 21.1 Å². The van der Waals surface area contributed by atoms with Crippen LogP contribution in [0.25, 0.3) is 0 Å². The molecule has 0 fully saturated rings. The van der Waals surface area contributed by atoms with Gasteiger partial charge in [-0.1, -0.05) is 26.8 Å². The number of nitro groups is 1. The molecule has 0 atom stereocenters. The minimum Gasteiger partial charge on any atom is -0.299 e. The number of rotatable bonds is 4. The Bertz CT molecular complexity index is 656. The van der Waals surface area contributed by atoms with Crippen LogP contribution < -0.4 is 0 Å². The van der Waals surface area contributed by atoms with Crippen molar-refractivity contribution < 1.29 is 18.1 Å². The lowest BCUT2D eigenvalue weighted by molar-refractivity contribution is -0.385. The fourth-order valence-electron chi connectivity index (χ4n) is 1.53. The maximum Gasteiger partial charge on any atom is 0.274 e. The highest BCUT2D eigenvalue weighted by atomic mass is 32.2. The number of sulfone groups is 1. The topological polar surface area (TPSA) is 94.3 Å². The van der Waals surface area contributed by atoms with Crippen LogP contribution in [-0.4, -0.2) is 25.4 Å². The van der Waals surface area contributed by atoms with Gasteiger partial charge in [0.15, 0.2) is 9.84 Å². The van der Waals surface area contributed by atoms with E-state index in [-0.39, 0.29) is 28.4 Å². The van der Waals surface area contributed by atoms with Gasteiger partial charge in [0.05, 0.1) is 9.82 Å². The summed E-state index contributed by atoms with van der Waals surface area (Å²) >= 11 is 0. The highest BCUT2D eigenvalue weighted by Crippen LogP contribution is 2.26. The van der Waals surface area contributed by atoms with E-state index in [1.807, 2.05) is 0 Å². The van der Waals surface area contributed by atoms with Gasteiger partial charge in [0.25, 0.3) is 5.69 Å². The van der Waals surface area contributed by atoms with Gasteiger partial charge in [0.1, 0.15) is 5.78 Å². The van der Waals surface area contributed by atoms with Crippen molar-refractivity contribution in [1.29, 1.82) is 0 Å². The molecule has 0 aliphatic heterocycles. The Kier molecular flexibility index (Phi) is 4.33. The number of ketones is 1. The van der Waals surface area contributed by atoms with E-state index < -0.39 is 20.2 Å². The number of carbonyl (C=O) groups is 1. The van der Waals surface area contributed by atoms with Crippen LogP contribution in [0.15, 0.2) is 23.1 Å². The fourth-order valence-corrected chi connectivity index (χ4v) is 2.17. The normalized spacial score (nSPS) is 12.2. The second-order valence-corrected chi connectivity index (χ2v) is 7.69. The third-order valence-corrected chi connectivity index (χ3v) is 3.98. The first-order valence-electron chi connectivity index (χ1n) is 5.93. The molecule has 0 saturated heterocycles. The lowest BCUT2D eigenvalue weighted by Crippen LogP contribution is -2.22. The van der Waals surface area contributed by atoms with Gasteiger partial charge in [0, 0.05) is 29.7 Å². The molecule has 0 heterocycles. The van der Waals surface area contributed by atoms with Gasteiger partial charge in [-0.05, 0) is 6.07 Å². The van der Waals surface area contributed by atoms with E-state index in [1.54, 1.807) is 20.8 Å². The van der Waals surface area contributed by atoms with Gasteiger partial charge in [-0.2, -0.15) is 0 Å². The first kappa shape index (κ1) is 16.3. The van der Waals surface area contributed by atoms with Gasteiger partial charge in [-0.15, -0.1) is 0 Å². The monoisotopic (exact) mass is 299 g/mol. The molecule has 0 N–H and O–H groups in total. The average Bonchev–Trinajstić information content (AvgIpc) is 2.26. The minimum atomic E-state index is -3.52. The molecule has 6 nitrogen and oxygen atoms in total. The average molecular weight is 299 g/mol. The lowest BCUT2D eigenvalue weighted by Gasteiger charge is -2.16. The van der Waals surface area contributed by atoms with E-state index in [1.165, 1.54) is 12.1 Å². The second-order valence-electron chi connectivity index (χ2n) is 5.67. The first-order valence-corrected chi connectivity index (χ1v) is 7.83. The molecular weight excluding hydrogens is 282 g/mol. The van der Waals surface area contributed by atoms with E-state index >= 15 is 0 Å². The van der Waals surface area contributed by atoms with Crippen LogP contribution in [0.5, 0.6) is 0 Å². The second kappa shape index (κ2) is 5.32. The maximum absolute atomic E-state index is 11.9. The van der Waals surface area contributed by atoms with E-state index in [2.05, 4.69) is 0 Å². The highest BCUT2D eigenvalue weighted by molar-refractivity contribution is 7.90. The molecule has 0 aromatic heterocycles. The molecule has 1 rings (SSSR count). The smallest absolute Gasteiger partial charge is 0.274 e. The number of carbonyl (C=O) groups excluding carboxylic acids is 1. The standard InChI is InChI=1S/C13H17NO5S/c1-13(2,3)12(15)7-9-5-6-10(20(4,18)19)8-11(9)14(16)17/h5-6,8H,7H2,1-4H3. The minimum absolute atomic E-state index is 0.0934. The summed E-state index contributed by atoms with van der Waals surface area (Å²) in [5.41, 5.74) is -0.725. The molecule has 0 aliphatic carbocycles. The van der Waals surface area contributed by atoms with Crippen molar-refractivity contribution in [2.45, 2.75) is 32.1 Å². The fraction of sp³-hybridized carbons (Fsp3) is 0.462. The van der Waals surface area contributed by atoms with E-state index in [4.69, 9.17) is 0 Å². The Morgan fingerprint density at radius 1 is 1.30 bits per heavy atom. The molecule has 0 unspecified atom stereocenters. The summed E-state index contributed by atoms with van der Waals surface area (Å²) in [7, 11) is -3.52. The molecule has 0 aliphatic rings. The number of benzene rings is 1. The largest absolute Gasteiger partial charge is 0.299 e.